The Morgan fingerprint density at radius 3 is 2.88 bits per heavy atom. The summed E-state index contributed by atoms with van der Waals surface area (Å²) in [5.41, 5.74) is 2.75. The number of hydrogen-bond donors (Lipinski definition) is 1. The van der Waals surface area contributed by atoms with Crippen LogP contribution in [0.3, 0.4) is 0 Å². The van der Waals surface area contributed by atoms with Gasteiger partial charge in [-0.3, -0.25) is 0 Å². The summed E-state index contributed by atoms with van der Waals surface area (Å²) in [6.45, 7) is 5.19. The first-order valence-corrected chi connectivity index (χ1v) is 6.52. The highest BCUT2D eigenvalue weighted by atomic mass is 16.5. The highest BCUT2D eigenvalue weighted by Crippen LogP contribution is 2.35. The number of benzene rings is 1. The van der Waals surface area contributed by atoms with Gasteiger partial charge in [0.1, 0.15) is 0 Å². The van der Waals surface area contributed by atoms with Crippen molar-refractivity contribution >= 4 is 0 Å². The number of ether oxygens (including phenoxy) is 1. The zero-order valence-electron chi connectivity index (χ0n) is 11.1. The van der Waals surface area contributed by atoms with Crippen LogP contribution < -0.4 is 5.32 Å². The average molecular weight is 233 g/mol. The molecule has 0 aromatic heterocycles. The van der Waals surface area contributed by atoms with Crippen molar-refractivity contribution in [2.45, 2.75) is 44.8 Å². The Morgan fingerprint density at radius 1 is 1.35 bits per heavy atom. The summed E-state index contributed by atoms with van der Waals surface area (Å²) >= 11 is 0. The van der Waals surface area contributed by atoms with Crippen LogP contribution in [0.4, 0.5) is 0 Å². The fraction of sp³-hybridized carbons (Fsp3) is 0.600. The van der Waals surface area contributed by atoms with Gasteiger partial charge < -0.3 is 10.1 Å². The van der Waals surface area contributed by atoms with E-state index in [0.717, 1.165) is 13.0 Å². The van der Waals surface area contributed by atoms with Gasteiger partial charge in [0.15, 0.2) is 0 Å². The molecule has 0 fully saturated rings. The van der Waals surface area contributed by atoms with E-state index in [-0.39, 0.29) is 11.7 Å². The van der Waals surface area contributed by atoms with Gasteiger partial charge in [-0.1, -0.05) is 24.3 Å². The zero-order chi connectivity index (χ0) is 12.3. The Balaban J connectivity index is 2.13. The largest absolute Gasteiger partial charge is 0.366 e. The van der Waals surface area contributed by atoms with Crippen LogP contribution in [-0.4, -0.2) is 19.2 Å². The number of aryl methyl sites for hydroxylation is 1. The lowest BCUT2D eigenvalue weighted by Gasteiger charge is -2.34. The van der Waals surface area contributed by atoms with E-state index in [1.54, 1.807) is 0 Å². The molecule has 1 unspecified atom stereocenters. The lowest BCUT2D eigenvalue weighted by Crippen LogP contribution is -2.37. The van der Waals surface area contributed by atoms with Crippen molar-refractivity contribution < 1.29 is 4.74 Å². The number of fused-ring (bicyclic) bond motifs is 1. The van der Waals surface area contributed by atoms with Crippen LogP contribution >= 0.6 is 0 Å². The minimum absolute atomic E-state index is 0.107. The van der Waals surface area contributed by atoms with Gasteiger partial charge in [0.25, 0.3) is 0 Å². The first-order valence-electron chi connectivity index (χ1n) is 6.52. The first-order chi connectivity index (χ1) is 8.12. The molecule has 0 amide bonds. The van der Waals surface area contributed by atoms with Crippen molar-refractivity contribution in [2.24, 2.45) is 0 Å². The second-order valence-corrected chi connectivity index (χ2v) is 5.49. The second-order valence-electron chi connectivity index (χ2n) is 5.49. The molecule has 1 N–H and O–H groups in total. The Bertz CT molecular complexity index is 373. The molecule has 2 heteroatoms. The fourth-order valence-corrected chi connectivity index (χ4v) is 2.68. The van der Waals surface area contributed by atoms with Crippen molar-refractivity contribution in [3.63, 3.8) is 0 Å². The van der Waals surface area contributed by atoms with E-state index in [1.165, 1.54) is 24.0 Å². The molecule has 94 valence electrons. The normalized spacial score (nSPS) is 20.1. The quantitative estimate of drug-likeness (QED) is 0.863. The molecule has 0 heterocycles. The van der Waals surface area contributed by atoms with Crippen LogP contribution in [0.15, 0.2) is 24.3 Å². The lowest BCUT2D eigenvalue weighted by molar-refractivity contribution is -0.0774. The number of likely N-dealkylation sites (N-methyl/N-ethyl adjacent to an activating group) is 1. The van der Waals surface area contributed by atoms with Gasteiger partial charge in [0, 0.05) is 6.54 Å². The number of hydrogen-bond acceptors (Lipinski definition) is 2. The van der Waals surface area contributed by atoms with E-state index in [9.17, 15) is 0 Å². The number of rotatable bonds is 4. The molecule has 1 atom stereocenters. The highest BCUT2D eigenvalue weighted by molar-refractivity contribution is 5.31. The fourth-order valence-electron chi connectivity index (χ4n) is 2.68. The third kappa shape index (κ3) is 3.08. The smallest absolute Gasteiger partial charge is 0.0835 e. The van der Waals surface area contributed by atoms with Gasteiger partial charge in [-0.2, -0.15) is 0 Å². The Morgan fingerprint density at radius 2 is 2.12 bits per heavy atom. The summed E-state index contributed by atoms with van der Waals surface area (Å²) in [4.78, 5) is 0. The Kier molecular flexibility index (Phi) is 3.85. The van der Waals surface area contributed by atoms with Gasteiger partial charge >= 0.3 is 0 Å². The molecule has 1 aromatic carbocycles. The third-order valence-corrected chi connectivity index (χ3v) is 3.38. The Labute approximate surface area is 104 Å². The minimum atomic E-state index is -0.107. The monoisotopic (exact) mass is 233 g/mol. The minimum Gasteiger partial charge on any atom is -0.366 e. The molecule has 17 heavy (non-hydrogen) atoms. The molecule has 2 rings (SSSR count). The van der Waals surface area contributed by atoms with E-state index < -0.39 is 0 Å². The maximum atomic E-state index is 6.28. The van der Waals surface area contributed by atoms with Crippen molar-refractivity contribution in [3.8, 4) is 0 Å². The summed E-state index contributed by atoms with van der Waals surface area (Å²) in [6.07, 6.45) is 3.84. The van der Waals surface area contributed by atoms with E-state index in [0.29, 0.717) is 0 Å². The van der Waals surface area contributed by atoms with Crippen molar-refractivity contribution in [1.29, 1.82) is 0 Å². The molecule has 0 spiro atoms. The van der Waals surface area contributed by atoms with Gasteiger partial charge in [0.05, 0.1) is 11.7 Å². The van der Waals surface area contributed by atoms with E-state index in [2.05, 4.69) is 43.4 Å². The molecule has 1 aromatic rings. The predicted octanol–water partition coefficient (Wildman–Crippen LogP) is 3.08. The van der Waals surface area contributed by atoms with Crippen LogP contribution in [0.25, 0.3) is 0 Å². The molecule has 0 bridgehead atoms. The maximum absolute atomic E-state index is 6.28. The molecule has 1 aliphatic carbocycles. The van der Waals surface area contributed by atoms with E-state index >= 15 is 0 Å². The third-order valence-electron chi connectivity index (χ3n) is 3.38. The van der Waals surface area contributed by atoms with Crippen LogP contribution in [-0.2, 0) is 11.2 Å². The van der Waals surface area contributed by atoms with Crippen LogP contribution in [0.5, 0.6) is 0 Å². The maximum Gasteiger partial charge on any atom is 0.0835 e. The zero-order valence-corrected chi connectivity index (χ0v) is 11.1. The highest BCUT2D eigenvalue weighted by Gasteiger charge is 2.27. The summed E-state index contributed by atoms with van der Waals surface area (Å²) in [5.74, 6) is 0. The van der Waals surface area contributed by atoms with Gasteiger partial charge in [-0.15, -0.1) is 0 Å². The molecule has 0 radical (unpaired) electrons. The van der Waals surface area contributed by atoms with Crippen LogP contribution in [0, 0.1) is 0 Å². The van der Waals surface area contributed by atoms with Crippen molar-refractivity contribution in [1.82, 2.24) is 5.32 Å². The summed E-state index contributed by atoms with van der Waals surface area (Å²) in [5, 5.41) is 3.20. The van der Waals surface area contributed by atoms with E-state index in [1.807, 2.05) is 7.05 Å². The van der Waals surface area contributed by atoms with Gasteiger partial charge in [-0.05, 0) is 51.3 Å². The molecular weight excluding hydrogens is 210 g/mol. The first kappa shape index (κ1) is 12.6. The van der Waals surface area contributed by atoms with Crippen molar-refractivity contribution in [2.75, 3.05) is 13.6 Å². The topological polar surface area (TPSA) is 21.3 Å². The molecule has 0 saturated heterocycles. The molecule has 0 aliphatic heterocycles. The molecule has 0 saturated carbocycles. The van der Waals surface area contributed by atoms with Gasteiger partial charge in [0.2, 0.25) is 0 Å². The van der Waals surface area contributed by atoms with E-state index in [4.69, 9.17) is 4.74 Å². The lowest BCUT2D eigenvalue weighted by atomic mass is 9.89. The summed E-state index contributed by atoms with van der Waals surface area (Å²) in [7, 11) is 1.97. The van der Waals surface area contributed by atoms with Crippen molar-refractivity contribution in [3.05, 3.63) is 35.4 Å². The summed E-state index contributed by atoms with van der Waals surface area (Å²) < 4.78 is 6.28. The van der Waals surface area contributed by atoms with Crippen LogP contribution in [0.1, 0.15) is 43.9 Å². The summed E-state index contributed by atoms with van der Waals surface area (Å²) in [6, 6.07) is 8.69. The second kappa shape index (κ2) is 5.19. The number of nitrogens with one attached hydrogen (secondary N) is 1. The molecule has 2 nitrogen and oxygen atoms in total. The molecular formula is C15H23NO. The van der Waals surface area contributed by atoms with Gasteiger partial charge in [-0.25, -0.2) is 0 Å². The van der Waals surface area contributed by atoms with Crippen LogP contribution in [0.2, 0.25) is 0 Å². The average Bonchev–Trinajstić information content (AvgIpc) is 2.29. The SMILES string of the molecule is CNCC(C)(C)OC1CCCc2ccccc21. The standard InChI is InChI=1S/C15H23NO/c1-15(2,11-16-3)17-14-10-6-8-12-7-4-5-9-13(12)14/h4-5,7,9,14,16H,6,8,10-11H2,1-3H3. The predicted molar refractivity (Wildman–Crippen MR) is 71.2 cm³/mol. The molecule has 1 aliphatic rings. The Hall–Kier alpha value is -0.860.